The van der Waals surface area contributed by atoms with Gasteiger partial charge in [0.1, 0.15) is 17.1 Å². The number of nitrogens with one attached hydrogen (secondary N) is 1. The Hall–Kier alpha value is -4.05. The van der Waals surface area contributed by atoms with Crippen LogP contribution in [-0.2, 0) is 9.59 Å². The number of barbiturate groups is 1. The third kappa shape index (κ3) is 3.95. The molecule has 0 bridgehead atoms. The molecule has 32 heavy (non-hydrogen) atoms. The number of amides is 4. The van der Waals surface area contributed by atoms with Gasteiger partial charge in [0, 0.05) is 21.7 Å². The van der Waals surface area contributed by atoms with Crippen molar-refractivity contribution in [1.29, 1.82) is 0 Å². The van der Waals surface area contributed by atoms with Crippen LogP contribution in [0.3, 0.4) is 0 Å². The Balaban J connectivity index is 1.68. The Morgan fingerprint density at radius 2 is 1.88 bits per heavy atom. The van der Waals surface area contributed by atoms with Gasteiger partial charge >= 0.3 is 6.03 Å². The van der Waals surface area contributed by atoms with Gasteiger partial charge in [0.25, 0.3) is 17.5 Å². The van der Waals surface area contributed by atoms with Crippen LogP contribution in [0.2, 0.25) is 0 Å². The summed E-state index contributed by atoms with van der Waals surface area (Å²) in [6.45, 7) is 1.63. The van der Waals surface area contributed by atoms with E-state index in [1.807, 2.05) is 0 Å². The van der Waals surface area contributed by atoms with Crippen molar-refractivity contribution in [3.63, 3.8) is 0 Å². The summed E-state index contributed by atoms with van der Waals surface area (Å²) in [4.78, 5) is 49.1. The average Bonchev–Trinajstić information content (AvgIpc) is 3.20. The molecule has 0 saturated carbocycles. The molecule has 0 aliphatic carbocycles. The number of aryl methyl sites for hydroxylation is 1. The number of anilines is 1. The predicted molar refractivity (Wildman–Crippen MR) is 119 cm³/mol. The first kappa shape index (κ1) is 21.2. The second-order valence-corrected chi connectivity index (χ2v) is 7.81. The van der Waals surface area contributed by atoms with E-state index in [1.165, 1.54) is 18.2 Å². The molecule has 1 aliphatic rings. The number of benzene rings is 2. The van der Waals surface area contributed by atoms with Crippen LogP contribution in [0.1, 0.15) is 11.3 Å². The van der Waals surface area contributed by atoms with Gasteiger partial charge in [-0.25, -0.2) is 9.69 Å². The third-order valence-electron chi connectivity index (χ3n) is 4.77. The lowest BCUT2D eigenvalue weighted by Crippen LogP contribution is -2.54. The van der Waals surface area contributed by atoms with E-state index in [-0.39, 0.29) is 22.7 Å². The predicted octanol–water partition coefficient (Wildman–Crippen LogP) is 4.59. The van der Waals surface area contributed by atoms with Gasteiger partial charge in [0.15, 0.2) is 0 Å². The summed E-state index contributed by atoms with van der Waals surface area (Å²) < 4.78 is 6.34. The van der Waals surface area contributed by atoms with E-state index in [2.05, 4.69) is 21.2 Å². The number of imide groups is 2. The maximum absolute atomic E-state index is 12.9. The number of hydrogen-bond acceptors (Lipinski definition) is 6. The van der Waals surface area contributed by atoms with Gasteiger partial charge in [-0.15, -0.1) is 0 Å². The number of nitro benzene ring substituents is 1. The smallest absolute Gasteiger partial charge is 0.335 e. The van der Waals surface area contributed by atoms with E-state index in [4.69, 9.17) is 4.42 Å². The van der Waals surface area contributed by atoms with Gasteiger partial charge in [0.05, 0.1) is 10.6 Å². The van der Waals surface area contributed by atoms with Gasteiger partial charge < -0.3 is 4.42 Å². The van der Waals surface area contributed by atoms with Crippen LogP contribution >= 0.6 is 15.9 Å². The van der Waals surface area contributed by atoms with Crippen LogP contribution in [0.4, 0.5) is 16.2 Å². The first-order chi connectivity index (χ1) is 15.2. The van der Waals surface area contributed by atoms with E-state index in [0.717, 1.165) is 4.90 Å². The molecule has 2 aromatic carbocycles. The number of urea groups is 1. The molecule has 2 heterocycles. The number of halogens is 1. The summed E-state index contributed by atoms with van der Waals surface area (Å²) in [5, 5.41) is 13.3. The molecule has 1 aliphatic heterocycles. The zero-order valence-corrected chi connectivity index (χ0v) is 18.1. The fraction of sp³-hybridized carbons (Fsp3) is 0.0455. The number of carbonyl (C=O) groups is 3. The standard InChI is InChI=1S/C22H14BrN3O6/c1-12-5-6-13(9-18(12)26(30)31)19-8-7-16(32-19)11-17-20(27)24-22(29)25(21(17)28)15-4-2-3-14(23)10-15/h2-11H,1H3,(H,24,27,29)/b17-11+. The lowest BCUT2D eigenvalue weighted by molar-refractivity contribution is -0.385. The van der Waals surface area contributed by atoms with Crippen LogP contribution < -0.4 is 10.2 Å². The van der Waals surface area contributed by atoms with Crippen molar-refractivity contribution in [3.05, 3.63) is 86.1 Å². The highest BCUT2D eigenvalue weighted by Crippen LogP contribution is 2.30. The van der Waals surface area contributed by atoms with Crippen molar-refractivity contribution in [3.8, 4) is 11.3 Å². The number of nitrogens with zero attached hydrogens (tertiary/aromatic N) is 2. The van der Waals surface area contributed by atoms with Gasteiger partial charge in [-0.3, -0.25) is 25.0 Å². The van der Waals surface area contributed by atoms with E-state index >= 15 is 0 Å². The van der Waals surface area contributed by atoms with Crippen LogP contribution in [-0.4, -0.2) is 22.8 Å². The highest BCUT2D eigenvalue weighted by atomic mass is 79.9. The highest BCUT2D eigenvalue weighted by Gasteiger charge is 2.37. The lowest BCUT2D eigenvalue weighted by atomic mass is 10.1. The van der Waals surface area contributed by atoms with E-state index < -0.39 is 22.8 Å². The molecular formula is C22H14BrN3O6. The summed E-state index contributed by atoms with van der Waals surface area (Å²) in [6.07, 6.45) is 1.22. The molecular weight excluding hydrogens is 482 g/mol. The largest absolute Gasteiger partial charge is 0.457 e. The summed E-state index contributed by atoms with van der Waals surface area (Å²) in [7, 11) is 0. The minimum absolute atomic E-state index is 0.0520. The van der Waals surface area contributed by atoms with Crippen molar-refractivity contribution in [1.82, 2.24) is 5.32 Å². The van der Waals surface area contributed by atoms with Crippen molar-refractivity contribution < 1.29 is 23.7 Å². The molecule has 160 valence electrons. The molecule has 9 nitrogen and oxygen atoms in total. The lowest BCUT2D eigenvalue weighted by Gasteiger charge is -2.26. The fourth-order valence-electron chi connectivity index (χ4n) is 3.19. The summed E-state index contributed by atoms with van der Waals surface area (Å²) in [5.74, 6) is -1.16. The normalized spacial score (nSPS) is 15.2. The van der Waals surface area contributed by atoms with Crippen molar-refractivity contribution in [2.45, 2.75) is 6.92 Å². The molecule has 3 aromatic rings. The van der Waals surface area contributed by atoms with E-state index in [0.29, 0.717) is 21.4 Å². The zero-order chi connectivity index (χ0) is 23.0. The zero-order valence-electron chi connectivity index (χ0n) is 16.5. The fourth-order valence-corrected chi connectivity index (χ4v) is 3.58. The Bertz CT molecular complexity index is 1330. The summed E-state index contributed by atoms with van der Waals surface area (Å²) >= 11 is 3.28. The third-order valence-corrected chi connectivity index (χ3v) is 5.27. The van der Waals surface area contributed by atoms with Crippen molar-refractivity contribution in [2.75, 3.05) is 4.90 Å². The molecule has 0 spiro atoms. The molecule has 0 unspecified atom stereocenters. The number of nitro groups is 1. The molecule has 1 aromatic heterocycles. The highest BCUT2D eigenvalue weighted by molar-refractivity contribution is 9.10. The van der Waals surface area contributed by atoms with Gasteiger partial charge in [-0.05, 0) is 43.3 Å². The number of carbonyl (C=O) groups excluding carboxylic acids is 3. The van der Waals surface area contributed by atoms with Crippen LogP contribution in [0.5, 0.6) is 0 Å². The van der Waals surface area contributed by atoms with E-state index in [1.54, 1.807) is 49.4 Å². The Morgan fingerprint density at radius 3 is 2.59 bits per heavy atom. The molecule has 1 fully saturated rings. The molecule has 1 saturated heterocycles. The summed E-state index contributed by atoms with van der Waals surface area (Å²) in [5.41, 5.74) is 0.920. The molecule has 4 amide bonds. The maximum Gasteiger partial charge on any atom is 0.335 e. The first-order valence-electron chi connectivity index (χ1n) is 9.27. The van der Waals surface area contributed by atoms with Crippen molar-refractivity contribution >= 4 is 51.2 Å². The van der Waals surface area contributed by atoms with Crippen LogP contribution in [0, 0.1) is 17.0 Å². The molecule has 4 rings (SSSR count). The molecule has 0 atom stereocenters. The van der Waals surface area contributed by atoms with Gasteiger partial charge in [-0.1, -0.05) is 34.1 Å². The number of hydrogen-bond donors (Lipinski definition) is 1. The van der Waals surface area contributed by atoms with Crippen LogP contribution in [0.25, 0.3) is 17.4 Å². The molecule has 1 N–H and O–H groups in total. The average molecular weight is 496 g/mol. The Morgan fingerprint density at radius 1 is 1.09 bits per heavy atom. The minimum Gasteiger partial charge on any atom is -0.457 e. The summed E-state index contributed by atoms with van der Waals surface area (Å²) in [6, 6.07) is 13.4. The first-order valence-corrected chi connectivity index (χ1v) is 10.1. The second-order valence-electron chi connectivity index (χ2n) is 6.90. The monoisotopic (exact) mass is 495 g/mol. The topological polar surface area (TPSA) is 123 Å². The van der Waals surface area contributed by atoms with Gasteiger partial charge in [-0.2, -0.15) is 0 Å². The molecule has 10 heteroatoms. The SMILES string of the molecule is Cc1ccc(-c2ccc(/C=C3\C(=O)NC(=O)N(c4cccc(Br)c4)C3=O)o2)cc1[N+](=O)[O-]. The van der Waals surface area contributed by atoms with E-state index in [9.17, 15) is 24.5 Å². The number of furan rings is 1. The quantitative estimate of drug-likeness (QED) is 0.244. The molecule has 0 radical (unpaired) electrons. The number of rotatable bonds is 4. The van der Waals surface area contributed by atoms with Gasteiger partial charge in [0.2, 0.25) is 0 Å². The van der Waals surface area contributed by atoms with Crippen molar-refractivity contribution in [2.24, 2.45) is 0 Å². The minimum atomic E-state index is -0.859. The second kappa shape index (κ2) is 8.23. The van der Waals surface area contributed by atoms with Crippen LogP contribution in [0.15, 0.2) is 69.1 Å². The Labute approximate surface area is 189 Å². The maximum atomic E-state index is 12.9. The Kier molecular flexibility index (Phi) is 5.45.